The first-order valence-corrected chi connectivity index (χ1v) is 9.46. The van der Waals surface area contributed by atoms with Gasteiger partial charge in [0, 0.05) is 23.1 Å². The first-order valence-electron chi connectivity index (χ1n) is 9.46. The number of benzene rings is 2. The summed E-state index contributed by atoms with van der Waals surface area (Å²) < 4.78 is 11.2. The quantitative estimate of drug-likeness (QED) is 0.290. The molecule has 1 aromatic heterocycles. The Morgan fingerprint density at radius 3 is 2.43 bits per heavy atom. The highest BCUT2D eigenvalue weighted by molar-refractivity contribution is 5.93. The number of carbonyl (C=O) groups excluding carboxylic acids is 1. The highest BCUT2D eigenvalue weighted by Gasteiger charge is 2.33. The van der Waals surface area contributed by atoms with E-state index in [1.165, 1.54) is 18.2 Å². The van der Waals surface area contributed by atoms with Crippen LogP contribution in [0.5, 0.6) is 28.7 Å². The summed E-state index contributed by atoms with van der Waals surface area (Å²) in [5.41, 5.74) is -0.239. The van der Waals surface area contributed by atoms with Gasteiger partial charge in [0.1, 0.15) is 22.5 Å². The monoisotopic (exact) mass is 412 g/mol. The minimum atomic E-state index is -0.862. The van der Waals surface area contributed by atoms with Gasteiger partial charge in [-0.05, 0) is 30.5 Å². The Labute approximate surface area is 170 Å². The molecule has 1 atom stereocenters. The topological polar surface area (TPSA) is 137 Å². The summed E-state index contributed by atoms with van der Waals surface area (Å²) >= 11 is 0. The Balaban J connectivity index is 2.06. The van der Waals surface area contributed by atoms with Crippen molar-refractivity contribution in [3.8, 4) is 40.1 Å². The molecule has 3 aromatic rings. The molecule has 4 N–H and O–H groups in total. The van der Waals surface area contributed by atoms with Gasteiger partial charge in [0.2, 0.25) is 11.2 Å². The van der Waals surface area contributed by atoms with E-state index in [0.29, 0.717) is 12.0 Å². The molecule has 0 radical (unpaired) electrons. The fourth-order valence-electron chi connectivity index (χ4n) is 3.90. The zero-order valence-electron chi connectivity index (χ0n) is 16.3. The van der Waals surface area contributed by atoms with Crippen molar-refractivity contribution in [3.05, 3.63) is 40.1 Å². The van der Waals surface area contributed by atoms with Crippen molar-refractivity contribution < 1.29 is 34.4 Å². The van der Waals surface area contributed by atoms with Gasteiger partial charge < -0.3 is 29.6 Å². The van der Waals surface area contributed by atoms with Crippen LogP contribution in [-0.4, -0.2) is 26.4 Å². The number of hydrogen-bond acceptors (Lipinski definition) is 8. The lowest BCUT2D eigenvalue weighted by Crippen LogP contribution is -2.22. The summed E-state index contributed by atoms with van der Waals surface area (Å²) in [6.45, 7) is 3.99. The Kier molecular flexibility index (Phi) is 4.57. The van der Waals surface area contributed by atoms with Gasteiger partial charge in [-0.1, -0.05) is 13.8 Å². The fraction of sp³-hybridized carbons (Fsp3) is 0.273. The first kappa shape index (κ1) is 19.6. The molecule has 4 rings (SSSR count). The number of carbonyl (C=O) groups is 1. The number of aromatic hydroxyl groups is 4. The number of hydrogen-bond donors (Lipinski definition) is 4. The summed E-state index contributed by atoms with van der Waals surface area (Å²) in [5, 5.41) is 40.0. The van der Waals surface area contributed by atoms with Gasteiger partial charge in [0.25, 0.3) is 0 Å². The maximum Gasteiger partial charge on any atom is 0.311 e. The third kappa shape index (κ3) is 3.10. The largest absolute Gasteiger partial charge is 0.507 e. The van der Waals surface area contributed by atoms with E-state index >= 15 is 0 Å². The molecule has 0 saturated heterocycles. The molecule has 0 bridgehead atoms. The molecule has 156 valence electrons. The molecule has 0 amide bonds. The second-order valence-electron chi connectivity index (χ2n) is 7.83. The minimum Gasteiger partial charge on any atom is -0.507 e. The van der Waals surface area contributed by atoms with Crippen molar-refractivity contribution in [2.45, 2.75) is 32.6 Å². The van der Waals surface area contributed by atoms with E-state index in [9.17, 15) is 30.0 Å². The van der Waals surface area contributed by atoms with E-state index in [1.807, 2.05) is 13.8 Å². The highest BCUT2D eigenvalue weighted by atomic mass is 16.5. The standard InChI is InChI=1S/C22H20O8/c1-9(2)5-11-7-16(26)29-15-8-14(25)18-19(27)20(28)21(30-22(18)17(11)15)10-3-4-12(23)13(24)6-10/h3-4,6,8-9,11,23-25,28H,5,7H2,1-2H3/t11-/m1/s1. The number of phenols is 3. The van der Waals surface area contributed by atoms with Gasteiger partial charge in [-0.25, -0.2) is 0 Å². The van der Waals surface area contributed by atoms with Gasteiger partial charge in [-0.3, -0.25) is 9.59 Å². The van der Waals surface area contributed by atoms with Crippen LogP contribution in [0.15, 0.2) is 33.5 Å². The van der Waals surface area contributed by atoms with E-state index < -0.39 is 28.6 Å². The summed E-state index contributed by atoms with van der Waals surface area (Å²) in [5.74, 6) is -2.72. The smallest absolute Gasteiger partial charge is 0.311 e. The molecule has 8 nitrogen and oxygen atoms in total. The number of phenolic OH excluding ortho intramolecular Hbond substituents is 3. The molecule has 0 unspecified atom stereocenters. The zero-order valence-corrected chi connectivity index (χ0v) is 16.3. The van der Waals surface area contributed by atoms with E-state index in [1.54, 1.807) is 0 Å². The second-order valence-corrected chi connectivity index (χ2v) is 7.83. The van der Waals surface area contributed by atoms with E-state index in [4.69, 9.17) is 9.15 Å². The van der Waals surface area contributed by atoms with Crippen LogP contribution in [-0.2, 0) is 4.79 Å². The maximum absolute atomic E-state index is 12.9. The molecule has 2 heterocycles. The molecular formula is C22H20O8. The summed E-state index contributed by atoms with van der Waals surface area (Å²) in [4.78, 5) is 24.9. The number of fused-ring (bicyclic) bond motifs is 3. The normalized spacial score (nSPS) is 16.0. The number of esters is 1. The predicted molar refractivity (Wildman–Crippen MR) is 107 cm³/mol. The Morgan fingerprint density at radius 1 is 1.03 bits per heavy atom. The van der Waals surface area contributed by atoms with Gasteiger partial charge in [0.05, 0.1) is 6.42 Å². The maximum atomic E-state index is 12.9. The van der Waals surface area contributed by atoms with E-state index in [-0.39, 0.29) is 52.0 Å². The lowest BCUT2D eigenvalue weighted by atomic mass is 9.84. The molecule has 0 spiro atoms. The SMILES string of the molecule is CC(C)C[C@@H]1CC(=O)Oc2cc(O)c3c(=O)c(O)c(-c4ccc(O)c(O)c4)oc3c21. The molecule has 0 aliphatic carbocycles. The van der Waals surface area contributed by atoms with E-state index in [0.717, 1.165) is 6.07 Å². The summed E-state index contributed by atoms with van der Waals surface area (Å²) in [6, 6.07) is 4.87. The predicted octanol–water partition coefficient (Wildman–Crippen LogP) is 3.72. The Hall–Kier alpha value is -3.68. The molecular weight excluding hydrogens is 392 g/mol. The molecule has 8 heteroatoms. The van der Waals surface area contributed by atoms with Crippen LogP contribution < -0.4 is 10.2 Å². The van der Waals surface area contributed by atoms with Gasteiger partial charge in [0.15, 0.2) is 17.3 Å². The van der Waals surface area contributed by atoms with Gasteiger partial charge in [-0.2, -0.15) is 0 Å². The van der Waals surface area contributed by atoms with Crippen molar-refractivity contribution >= 4 is 16.9 Å². The lowest BCUT2D eigenvalue weighted by molar-refractivity contribution is -0.136. The average molecular weight is 412 g/mol. The number of ether oxygens (including phenoxy) is 1. The molecule has 30 heavy (non-hydrogen) atoms. The number of rotatable bonds is 3. The Bertz CT molecular complexity index is 1240. The summed E-state index contributed by atoms with van der Waals surface area (Å²) in [7, 11) is 0. The van der Waals surface area contributed by atoms with Crippen LogP contribution in [0, 0.1) is 5.92 Å². The van der Waals surface area contributed by atoms with Gasteiger partial charge >= 0.3 is 5.97 Å². The van der Waals surface area contributed by atoms with E-state index in [2.05, 4.69) is 0 Å². The van der Waals surface area contributed by atoms with Crippen molar-refractivity contribution in [1.29, 1.82) is 0 Å². The third-order valence-corrected chi connectivity index (χ3v) is 5.16. The molecule has 1 aliphatic rings. The third-order valence-electron chi connectivity index (χ3n) is 5.16. The average Bonchev–Trinajstić information content (AvgIpc) is 2.65. The second kappa shape index (κ2) is 6.98. The van der Waals surface area contributed by atoms with Crippen molar-refractivity contribution in [3.63, 3.8) is 0 Å². The van der Waals surface area contributed by atoms with Crippen LogP contribution in [0.25, 0.3) is 22.3 Å². The molecule has 0 fully saturated rings. The zero-order chi connectivity index (χ0) is 21.7. The van der Waals surface area contributed by atoms with Crippen molar-refractivity contribution in [2.24, 2.45) is 5.92 Å². The molecule has 0 saturated carbocycles. The van der Waals surface area contributed by atoms with Crippen LogP contribution in [0.4, 0.5) is 0 Å². The minimum absolute atomic E-state index is 0.00788. The van der Waals surface area contributed by atoms with Crippen LogP contribution in [0.3, 0.4) is 0 Å². The van der Waals surface area contributed by atoms with Gasteiger partial charge in [-0.15, -0.1) is 0 Å². The Morgan fingerprint density at radius 2 is 1.77 bits per heavy atom. The first-order chi connectivity index (χ1) is 14.2. The molecule has 2 aromatic carbocycles. The molecule has 1 aliphatic heterocycles. The van der Waals surface area contributed by atoms with Crippen LogP contribution in [0.1, 0.15) is 38.2 Å². The lowest BCUT2D eigenvalue weighted by Gasteiger charge is -2.26. The van der Waals surface area contributed by atoms with Crippen LogP contribution in [0.2, 0.25) is 0 Å². The van der Waals surface area contributed by atoms with Crippen LogP contribution >= 0.6 is 0 Å². The highest BCUT2D eigenvalue weighted by Crippen LogP contribution is 2.46. The van der Waals surface area contributed by atoms with Crippen molar-refractivity contribution in [2.75, 3.05) is 0 Å². The van der Waals surface area contributed by atoms with Crippen molar-refractivity contribution in [1.82, 2.24) is 0 Å². The summed E-state index contributed by atoms with van der Waals surface area (Å²) in [6.07, 6.45) is 0.701. The fourth-order valence-corrected chi connectivity index (χ4v) is 3.90.